The maximum absolute atomic E-state index is 12.7. The Hall–Kier alpha value is -2.94. The van der Waals surface area contributed by atoms with E-state index in [4.69, 9.17) is 13.9 Å². The van der Waals surface area contributed by atoms with Crippen molar-refractivity contribution >= 4 is 34.2 Å². The van der Waals surface area contributed by atoms with E-state index in [0.717, 1.165) is 29.7 Å². The minimum Gasteiger partial charge on any atom is -0.459 e. The van der Waals surface area contributed by atoms with E-state index >= 15 is 0 Å². The normalized spacial score (nSPS) is 15.2. The van der Waals surface area contributed by atoms with Gasteiger partial charge in [0.2, 0.25) is 0 Å². The van der Waals surface area contributed by atoms with Crippen LogP contribution in [0.1, 0.15) is 69.7 Å². The van der Waals surface area contributed by atoms with Gasteiger partial charge in [0.25, 0.3) is 5.91 Å². The van der Waals surface area contributed by atoms with Gasteiger partial charge in [-0.05, 0) is 64.0 Å². The minimum absolute atomic E-state index is 0.110. The number of carbonyl (C=O) groups is 3. The molecule has 1 unspecified atom stereocenters. The van der Waals surface area contributed by atoms with E-state index in [0.29, 0.717) is 22.0 Å². The topological polar surface area (TPSA) is 112 Å². The van der Waals surface area contributed by atoms with Crippen LogP contribution in [-0.4, -0.2) is 30.6 Å². The lowest BCUT2D eigenvalue weighted by molar-refractivity contribution is -0.119. The molecule has 1 amide bonds. The summed E-state index contributed by atoms with van der Waals surface area (Å²) in [5.41, 5.74) is 1.27. The van der Waals surface area contributed by atoms with Crippen LogP contribution in [0.25, 0.3) is 0 Å². The fraction of sp³-hybridized carbons (Fsp3) is 0.478. The lowest BCUT2D eigenvalue weighted by Gasteiger charge is -2.18. The molecule has 2 aromatic heterocycles. The molecule has 0 spiro atoms. The third-order valence-electron chi connectivity index (χ3n) is 5.18. The van der Waals surface area contributed by atoms with Gasteiger partial charge in [-0.25, -0.2) is 14.4 Å². The highest BCUT2D eigenvalue weighted by atomic mass is 32.1. The fourth-order valence-electron chi connectivity index (χ4n) is 3.76. The molecule has 2 heterocycles. The quantitative estimate of drug-likeness (QED) is 0.651. The van der Waals surface area contributed by atoms with Crippen LogP contribution in [-0.2, 0) is 27.1 Å². The van der Waals surface area contributed by atoms with E-state index in [1.165, 1.54) is 24.3 Å². The van der Waals surface area contributed by atoms with Crippen molar-refractivity contribution in [2.45, 2.75) is 60.0 Å². The van der Waals surface area contributed by atoms with Crippen molar-refractivity contribution in [1.29, 1.82) is 0 Å². The Morgan fingerprint density at radius 2 is 1.94 bits per heavy atom. The molecule has 0 aromatic carbocycles. The molecule has 3 rings (SSSR count). The van der Waals surface area contributed by atoms with Crippen molar-refractivity contribution in [2.24, 2.45) is 5.92 Å². The zero-order chi connectivity index (χ0) is 23.6. The van der Waals surface area contributed by atoms with Gasteiger partial charge in [-0.15, -0.1) is 11.3 Å². The Morgan fingerprint density at radius 3 is 2.59 bits per heavy atom. The summed E-state index contributed by atoms with van der Waals surface area (Å²) >= 11 is 1.36. The lowest BCUT2D eigenvalue weighted by atomic mass is 9.88. The van der Waals surface area contributed by atoms with Gasteiger partial charge in [-0.1, -0.05) is 6.92 Å². The first-order chi connectivity index (χ1) is 15.1. The lowest BCUT2D eigenvalue weighted by Crippen LogP contribution is -2.23. The van der Waals surface area contributed by atoms with E-state index in [1.807, 2.05) is 0 Å². The van der Waals surface area contributed by atoms with Crippen LogP contribution >= 0.6 is 11.3 Å². The van der Waals surface area contributed by atoms with Crippen LogP contribution in [0.3, 0.4) is 0 Å². The predicted octanol–water partition coefficient (Wildman–Crippen LogP) is 3.80. The summed E-state index contributed by atoms with van der Waals surface area (Å²) in [6, 6.07) is 1.19. The molecule has 1 aliphatic carbocycles. The second-order valence-corrected chi connectivity index (χ2v) is 9.42. The van der Waals surface area contributed by atoms with E-state index in [1.54, 1.807) is 20.8 Å². The number of esters is 2. The predicted molar refractivity (Wildman–Crippen MR) is 119 cm³/mol. The largest absolute Gasteiger partial charge is 0.459 e. The molecule has 8 nitrogen and oxygen atoms in total. The van der Waals surface area contributed by atoms with Gasteiger partial charge in [0, 0.05) is 10.9 Å². The van der Waals surface area contributed by atoms with E-state index in [2.05, 4.69) is 12.2 Å². The molecule has 32 heavy (non-hydrogen) atoms. The number of amides is 1. The van der Waals surface area contributed by atoms with Gasteiger partial charge in [0.1, 0.15) is 16.3 Å². The smallest absolute Gasteiger partial charge is 0.342 e. The first-order valence-electron chi connectivity index (χ1n) is 10.5. The summed E-state index contributed by atoms with van der Waals surface area (Å²) in [5, 5.41) is 3.12. The molecule has 1 aliphatic rings. The molecule has 9 heteroatoms. The number of rotatable bonds is 6. The van der Waals surface area contributed by atoms with Gasteiger partial charge < -0.3 is 19.2 Å². The Labute approximate surface area is 189 Å². The number of carbonyl (C=O) groups excluding carboxylic acids is 3. The molecule has 2 aromatic rings. The molecular weight excluding hydrogens is 434 g/mol. The summed E-state index contributed by atoms with van der Waals surface area (Å²) in [6.45, 7) is 8.22. The molecule has 1 atom stereocenters. The molecule has 0 fully saturated rings. The SMILES string of the molecule is Cc1cc(=O)oc(C)c1C(=O)OCC(=O)Nc1sc2c(c1C(=O)OC(C)C)CCC(C)C2. The molecular formula is C23H27NO7S. The van der Waals surface area contributed by atoms with E-state index < -0.39 is 30.1 Å². The molecule has 0 radical (unpaired) electrons. The Kier molecular flexibility index (Phi) is 7.18. The Balaban J connectivity index is 1.75. The summed E-state index contributed by atoms with van der Waals surface area (Å²) in [5.74, 6) is -1.19. The molecule has 1 N–H and O–H groups in total. The third kappa shape index (κ3) is 5.27. The maximum atomic E-state index is 12.7. The first kappa shape index (κ1) is 23.7. The molecule has 0 saturated heterocycles. The number of thiophene rings is 1. The van der Waals surface area contributed by atoms with Crippen LogP contribution in [0.2, 0.25) is 0 Å². The number of hydrogen-bond acceptors (Lipinski definition) is 8. The highest BCUT2D eigenvalue weighted by molar-refractivity contribution is 7.17. The van der Waals surface area contributed by atoms with Gasteiger partial charge in [0.05, 0.1) is 11.7 Å². The van der Waals surface area contributed by atoms with Crippen molar-refractivity contribution in [1.82, 2.24) is 0 Å². The highest BCUT2D eigenvalue weighted by Crippen LogP contribution is 2.40. The van der Waals surface area contributed by atoms with E-state index in [-0.39, 0.29) is 17.4 Å². The molecule has 0 bridgehead atoms. The number of aryl methyl sites for hydroxylation is 2. The first-order valence-corrected chi connectivity index (χ1v) is 11.3. The Bertz CT molecular complexity index is 1090. The zero-order valence-corrected chi connectivity index (χ0v) is 19.6. The third-order valence-corrected chi connectivity index (χ3v) is 6.35. The number of hydrogen-bond donors (Lipinski definition) is 1. The van der Waals surface area contributed by atoms with Crippen LogP contribution in [0.15, 0.2) is 15.3 Å². The second kappa shape index (κ2) is 9.68. The monoisotopic (exact) mass is 461 g/mol. The number of nitrogens with one attached hydrogen (secondary N) is 1. The van der Waals surface area contributed by atoms with Crippen molar-refractivity contribution in [3.8, 4) is 0 Å². The zero-order valence-electron chi connectivity index (χ0n) is 18.8. The highest BCUT2D eigenvalue weighted by Gasteiger charge is 2.30. The van der Waals surface area contributed by atoms with Crippen LogP contribution in [0, 0.1) is 19.8 Å². The van der Waals surface area contributed by atoms with Crippen molar-refractivity contribution in [3.63, 3.8) is 0 Å². The molecule has 172 valence electrons. The minimum atomic E-state index is -0.766. The summed E-state index contributed by atoms with van der Waals surface area (Å²) < 4.78 is 15.5. The number of ether oxygens (including phenoxy) is 2. The molecule has 0 saturated carbocycles. The van der Waals surface area contributed by atoms with Crippen LogP contribution in [0.4, 0.5) is 5.00 Å². The summed E-state index contributed by atoms with van der Waals surface area (Å²) in [4.78, 5) is 50.1. The number of fused-ring (bicyclic) bond motifs is 1. The van der Waals surface area contributed by atoms with Crippen molar-refractivity contribution < 1.29 is 28.3 Å². The maximum Gasteiger partial charge on any atom is 0.342 e. The standard InChI is InChI=1S/C23H27NO7S/c1-11(2)30-23(28)20-15-7-6-12(3)8-16(15)32-21(20)24-17(25)10-29-22(27)19-13(4)9-18(26)31-14(19)5/h9,11-12H,6-8,10H2,1-5H3,(H,24,25). The second-order valence-electron chi connectivity index (χ2n) is 8.31. The van der Waals surface area contributed by atoms with Gasteiger partial charge in [-0.3, -0.25) is 4.79 Å². The van der Waals surface area contributed by atoms with Crippen molar-refractivity contribution in [3.05, 3.63) is 49.4 Å². The average Bonchev–Trinajstić information content (AvgIpc) is 3.01. The summed E-state index contributed by atoms with van der Waals surface area (Å²) in [6.07, 6.45) is 2.26. The summed E-state index contributed by atoms with van der Waals surface area (Å²) in [7, 11) is 0. The van der Waals surface area contributed by atoms with E-state index in [9.17, 15) is 19.2 Å². The fourth-order valence-corrected chi connectivity index (χ4v) is 5.17. The van der Waals surface area contributed by atoms with Gasteiger partial charge >= 0.3 is 17.6 Å². The van der Waals surface area contributed by atoms with Crippen LogP contribution in [0.5, 0.6) is 0 Å². The van der Waals surface area contributed by atoms with Gasteiger partial charge in [0.15, 0.2) is 6.61 Å². The Morgan fingerprint density at radius 1 is 1.22 bits per heavy atom. The van der Waals surface area contributed by atoms with Crippen LogP contribution < -0.4 is 10.9 Å². The van der Waals surface area contributed by atoms with Gasteiger partial charge in [-0.2, -0.15) is 0 Å². The molecule has 0 aliphatic heterocycles. The number of anilines is 1. The average molecular weight is 462 g/mol. The van der Waals surface area contributed by atoms with Crippen molar-refractivity contribution in [2.75, 3.05) is 11.9 Å².